The quantitative estimate of drug-likeness (QED) is 0.636. The normalized spacial score (nSPS) is 16.0. The van der Waals surface area contributed by atoms with Gasteiger partial charge in [0.2, 0.25) is 5.90 Å². The lowest BCUT2D eigenvalue weighted by Crippen LogP contribution is -2.17. The molecule has 1 heterocycles. The van der Waals surface area contributed by atoms with E-state index in [1.807, 2.05) is 12.1 Å². The lowest BCUT2D eigenvalue weighted by molar-refractivity contribution is 0.279. The summed E-state index contributed by atoms with van der Waals surface area (Å²) in [6.45, 7) is 4.68. The van der Waals surface area contributed by atoms with Crippen LogP contribution in [0.3, 0.4) is 0 Å². The zero-order valence-electron chi connectivity index (χ0n) is 13.7. The Hall–Kier alpha value is -2.68. The third kappa shape index (κ3) is 2.56. The van der Waals surface area contributed by atoms with Crippen molar-refractivity contribution in [3.05, 3.63) is 72.0 Å². The predicted molar refractivity (Wildman–Crippen MR) is 95.9 cm³/mol. The zero-order valence-corrected chi connectivity index (χ0v) is 13.7. The first-order chi connectivity index (χ1) is 11.5. The summed E-state index contributed by atoms with van der Waals surface area (Å²) in [5, 5.41) is 2.23. The number of hydrogen-bond donors (Lipinski definition) is 0. The number of fused-ring (bicyclic) bond motifs is 1. The molecule has 0 unspecified atom stereocenters. The van der Waals surface area contributed by atoms with Gasteiger partial charge in [-0.15, -0.1) is 0 Å². The number of hydrogen-bond acceptors (Lipinski definition) is 2. The molecule has 0 amide bonds. The van der Waals surface area contributed by atoms with Crippen LogP contribution >= 0.6 is 0 Å². The molecule has 0 radical (unpaired) electrons. The molecular weight excluding hydrogens is 301 g/mol. The van der Waals surface area contributed by atoms with Crippen molar-refractivity contribution in [2.24, 2.45) is 4.99 Å². The van der Waals surface area contributed by atoms with E-state index in [4.69, 9.17) is 9.73 Å². The van der Waals surface area contributed by atoms with Crippen LogP contribution in [0.5, 0.6) is 0 Å². The summed E-state index contributed by atoms with van der Waals surface area (Å²) in [6, 6.07) is 18.9. The topological polar surface area (TPSA) is 21.6 Å². The van der Waals surface area contributed by atoms with Gasteiger partial charge in [-0.25, -0.2) is 9.38 Å². The van der Waals surface area contributed by atoms with Crippen LogP contribution in [-0.2, 0) is 4.74 Å². The Balaban J connectivity index is 2.00. The molecule has 0 saturated carbocycles. The molecule has 0 aliphatic carbocycles. The molecule has 3 aromatic carbocycles. The molecule has 3 heteroatoms. The van der Waals surface area contributed by atoms with Crippen LogP contribution in [-0.4, -0.2) is 18.0 Å². The molecule has 120 valence electrons. The molecular formula is C21H18FNO. The molecule has 0 bridgehead atoms. The fourth-order valence-electron chi connectivity index (χ4n) is 3.08. The van der Waals surface area contributed by atoms with Gasteiger partial charge in [0.15, 0.2) is 0 Å². The van der Waals surface area contributed by atoms with E-state index in [-0.39, 0.29) is 11.4 Å². The van der Waals surface area contributed by atoms with Crippen molar-refractivity contribution in [3.8, 4) is 11.1 Å². The van der Waals surface area contributed by atoms with E-state index in [1.54, 1.807) is 12.1 Å². The van der Waals surface area contributed by atoms with Crippen molar-refractivity contribution < 1.29 is 9.13 Å². The molecule has 3 aromatic rings. The summed E-state index contributed by atoms with van der Waals surface area (Å²) < 4.78 is 19.2. The van der Waals surface area contributed by atoms with Crippen LogP contribution in [0.4, 0.5) is 4.39 Å². The Morgan fingerprint density at radius 2 is 1.71 bits per heavy atom. The van der Waals surface area contributed by atoms with Gasteiger partial charge >= 0.3 is 0 Å². The minimum absolute atomic E-state index is 0.230. The molecule has 1 aliphatic rings. The fourth-order valence-corrected chi connectivity index (χ4v) is 3.08. The standard InChI is InChI=1S/C21H18FNO/c1-21(2)13-24-20(23-21)19-17-6-4-3-5-14(17)9-12-18(19)15-7-10-16(22)11-8-15/h3-12H,13H2,1-2H3. The summed E-state index contributed by atoms with van der Waals surface area (Å²) in [6.07, 6.45) is 0. The van der Waals surface area contributed by atoms with E-state index in [2.05, 4.69) is 38.1 Å². The van der Waals surface area contributed by atoms with E-state index in [1.165, 1.54) is 12.1 Å². The monoisotopic (exact) mass is 319 g/mol. The lowest BCUT2D eigenvalue weighted by Gasteiger charge is -2.13. The van der Waals surface area contributed by atoms with Gasteiger partial charge in [0, 0.05) is 0 Å². The first-order valence-corrected chi connectivity index (χ1v) is 8.04. The third-order valence-corrected chi connectivity index (χ3v) is 4.26. The first-order valence-electron chi connectivity index (χ1n) is 8.04. The van der Waals surface area contributed by atoms with Gasteiger partial charge in [0.1, 0.15) is 12.4 Å². The van der Waals surface area contributed by atoms with Crippen LogP contribution in [0.15, 0.2) is 65.7 Å². The summed E-state index contributed by atoms with van der Waals surface area (Å²) in [4.78, 5) is 4.76. The Morgan fingerprint density at radius 1 is 0.958 bits per heavy atom. The molecule has 0 spiro atoms. The molecule has 0 atom stereocenters. The number of benzene rings is 3. The van der Waals surface area contributed by atoms with Crippen molar-refractivity contribution in [1.29, 1.82) is 0 Å². The van der Waals surface area contributed by atoms with Gasteiger partial charge in [-0.1, -0.05) is 48.5 Å². The second kappa shape index (κ2) is 5.45. The lowest BCUT2D eigenvalue weighted by atomic mass is 9.94. The van der Waals surface area contributed by atoms with Gasteiger partial charge in [-0.05, 0) is 47.9 Å². The first kappa shape index (κ1) is 14.9. The Bertz CT molecular complexity index is 942. The molecule has 0 saturated heterocycles. The highest BCUT2D eigenvalue weighted by Gasteiger charge is 2.29. The highest BCUT2D eigenvalue weighted by Crippen LogP contribution is 2.34. The van der Waals surface area contributed by atoms with Gasteiger partial charge in [-0.2, -0.15) is 0 Å². The van der Waals surface area contributed by atoms with Crippen LogP contribution < -0.4 is 0 Å². The van der Waals surface area contributed by atoms with E-state index < -0.39 is 0 Å². The second-order valence-electron chi connectivity index (χ2n) is 6.73. The number of nitrogens with zero attached hydrogens (tertiary/aromatic N) is 1. The minimum atomic E-state index is -0.239. The molecule has 24 heavy (non-hydrogen) atoms. The summed E-state index contributed by atoms with van der Waals surface area (Å²) in [7, 11) is 0. The van der Waals surface area contributed by atoms with E-state index >= 15 is 0 Å². The van der Waals surface area contributed by atoms with E-state index in [9.17, 15) is 4.39 Å². The maximum Gasteiger partial charge on any atom is 0.218 e. The van der Waals surface area contributed by atoms with Gasteiger partial charge in [-0.3, -0.25) is 0 Å². The molecule has 1 aliphatic heterocycles. The van der Waals surface area contributed by atoms with Crippen molar-refractivity contribution in [3.63, 3.8) is 0 Å². The highest BCUT2D eigenvalue weighted by atomic mass is 19.1. The van der Waals surface area contributed by atoms with Gasteiger partial charge < -0.3 is 4.74 Å². The average Bonchev–Trinajstić information content (AvgIpc) is 2.94. The number of ether oxygens (including phenoxy) is 1. The zero-order chi connectivity index (χ0) is 16.7. The third-order valence-electron chi connectivity index (χ3n) is 4.26. The van der Waals surface area contributed by atoms with E-state index in [0.29, 0.717) is 12.5 Å². The summed E-state index contributed by atoms with van der Waals surface area (Å²) in [5.41, 5.74) is 2.70. The Labute approximate surface area is 140 Å². The van der Waals surface area contributed by atoms with E-state index in [0.717, 1.165) is 27.5 Å². The molecule has 0 N–H and O–H groups in total. The maximum absolute atomic E-state index is 13.3. The Kier molecular flexibility index (Phi) is 3.38. The van der Waals surface area contributed by atoms with Crippen molar-refractivity contribution >= 4 is 16.7 Å². The average molecular weight is 319 g/mol. The smallest absolute Gasteiger partial charge is 0.218 e. The van der Waals surface area contributed by atoms with Crippen molar-refractivity contribution in [2.75, 3.05) is 6.61 Å². The number of halogens is 1. The summed E-state index contributed by atoms with van der Waals surface area (Å²) >= 11 is 0. The molecule has 2 nitrogen and oxygen atoms in total. The van der Waals surface area contributed by atoms with Gasteiger partial charge in [0.25, 0.3) is 0 Å². The van der Waals surface area contributed by atoms with Gasteiger partial charge in [0.05, 0.1) is 11.1 Å². The minimum Gasteiger partial charge on any atom is -0.475 e. The SMILES string of the molecule is CC1(C)COC(c2c(-c3ccc(F)cc3)ccc3ccccc23)=N1. The molecule has 4 rings (SSSR count). The van der Waals surface area contributed by atoms with Crippen molar-refractivity contribution in [1.82, 2.24) is 0 Å². The summed E-state index contributed by atoms with van der Waals surface area (Å²) in [5.74, 6) is 0.424. The van der Waals surface area contributed by atoms with Crippen molar-refractivity contribution in [2.45, 2.75) is 19.4 Å². The van der Waals surface area contributed by atoms with Crippen LogP contribution in [0.1, 0.15) is 19.4 Å². The largest absolute Gasteiger partial charge is 0.475 e. The van der Waals surface area contributed by atoms with Crippen LogP contribution in [0.2, 0.25) is 0 Å². The highest BCUT2D eigenvalue weighted by molar-refractivity contribution is 6.13. The maximum atomic E-state index is 13.3. The number of aliphatic imine (C=N–C) groups is 1. The van der Waals surface area contributed by atoms with Crippen LogP contribution in [0.25, 0.3) is 21.9 Å². The second-order valence-corrected chi connectivity index (χ2v) is 6.73. The predicted octanol–water partition coefficient (Wildman–Crippen LogP) is 5.20. The fraction of sp³-hybridized carbons (Fsp3) is 0.190. The molecule has 0 fully saturated rings. The Morgan fingerprint density at radius 3 is 2.42 bits per heavy atom. The molecule has 0 aromatic heterocycles. The number of rotatable bonds is 2. The van der Waals surface area contributed by atoms with Crippen LogP contribution in [0, 0.1) is 5.82 Å².